The van der Waals surface area contributed by atoms with E-state index in [-0.39, 0.29) is 5.91 Å². The lowest BCUT2D eigenvalue weighted by Gasteiger charge is -2.21. The average molecular weight is 276 g/mol. The molecule has 1 amide bonds. The summed E-state index contributed by atoms with van der Waals surface area (Å²) in [5.74, 6) is 0.899. The summed E-state index contributed by atoms with van der Waals surface area (Å²) in [6.07, 6.45) is 1.04. The molecule has 110 valence electrons. The standard InChI is InChI=1S/C16H24N2O2/c1-11(2)15-6-5-14(12(3)17-15)16(19)18(4)9-13-7-8-20-10-13/h5-6,11,13H,7-10H2,1-4H3. The molecule has 0 N–H and O–H groups in total. The maximum atomic E-state index is 12.5. The van der Waals surface area contributed by atoms with Crippen LogP contribution in [-0.2, 0) is 4.74 Å². The zero-order chi connectivity index (χ0) is 14.7. The van der Waals surface area contributed by atoms with E-state index in [2.05, 4.69) is 18.8 Å². The number of aryl methyl sites for hydroxylation is 1. The van der Waals surface area contributed by atoms with E-state index in [1.807, 2.05) is 26.1 Å². The first-order chi connectivity index (χ1) is 9.49. The van der Waals surface area contributed by atoms with Crippen LogP contribution < -0.4 is 0 Å². The van der Waals surface area contributed by atoms with Gasteiger partial charge in [0.25, 0.3) is 5.91 Å². The first kappa shape index (κ1) is 15.0. The number of amides is 1. The fraction of sp³-hybridized carbons (Fsp3) is 0.625. The molecule has 0 radical (unpaired) electrons. The van der Waals surface area contributed by atoms with Crippen LogP contribution in [0.3, 0.4) is 0 Å². The maximum Gasteiger partial charge on any atom is 0.255 e. The number of aromatic nitrogens is 1. The number of pyridine rings is 1. The summed E-state index contributed by atoms with van der Waals surface area (Å²) in [7, 11) is 1.86. The maximum absolute atomic E-state index is 12.5. The van der Waals surface area contributed by atoms with E-state index in [0.717, 1.165) is 37.6 Å². The summed E-state index contributed by atoms with van der Waals surface area (Å²) in [5.41, 5.74) is 2.55. The van der Waals surface area contributed by atoms with Gasteiger partial charge in [-0.15, -0.1) is 0 Å². The van der Waals surface area contributed by atoms with Gasteiger partial charge in [-0.05, 0) is 31.4 Å². The molecule has 4 nitrogen and oxygen atoms in total. The molecule has 4 heteroatoms. The van der Waals surface area contributed by atoms with Gasteiger partial charge in [0.05, 0.1) is 17.9 Å². The van der Waals surface area contributed by atoms with E-state index in [0.29, 0.717) is 17.4 Å². The molecule has 1 unspecified atom stereocenters. The van der Waals surface area contributed by atoms with E-state index in [9.17, 15) is 4.79 Å². The first-order valence-electron chi connectivity index (χ1n) is 7.29. The van der Waals surface area contributed by atoms with Crippen LogP contribution in [0.5, 0.6) is 0 Å². The SMILES string of the molecule is Cc1nc(C(C)C)ccc1C(=O)N(C)CC1CCOC1. The monoisotopic (exact) mass is 276 g/mol. The molecule has 1 aromatic rings. The fourth-order valence-electron chi connectivity index (χ4n) is 2.53. The highest BCUT2D eigenvalue weighted by Gasteiger charge is 2.22. The summed E-state index contributed by atoms with van der Waals surface area (Å²) in [5, 5.41) is 0. The van der Waals surface area contributed by atoms with E-state index in [1.165, 1.54) is 0 Å². The van der Waals surface area contributed by atoms with Crippen LogP contribution in [0.25, 0.3) is 0 Å². The minimum absolute atomic E-state index is 0.0530. The van der Waals surface area contributed by atoms with Crippen LogP contribution in [0.2, 0.25) is 0 Å². The highest BCUT2D eigenvalue weighted by atomic mass is 16.5. The molecular weight excluding hydrogens is 252 g/mol. The number of ether oxygens (including phenoxy) is 1. The Morgan fingerprint density at radius 2 is 2.25 bits per heavy atom. The summed E-state index contributed by atoms with van der Waals surface area (Å²) < 4.78 is 5.36. The highest BCUT2D eigenvalue weighted by molar-refractivity contribution is 5.95. The molecule has 0 aromatic carbocycles. The number of carbonyl (C=O) groups excluding carboxylic acids is 1. The van der Waals surface area contributed by atoms with Crippen molar-refractivity contribution < 1.29 is 9.53 Å². The van der Waals surface area contributed by atoms with Gasteiger partial charge in [0, 0.05) is 31.8 Å². The predicted octanol–water partition coefficient (Wildman–Crippen LogP) is 2.62. The van der Waals surface area contributed by atoms with Crippen molar-refractivity contribution >= 4 is 5.91 Å². The number of hydrogen-bond acceptors (Lipinski definition) is 3. The minimum Gasteiger partial charge on any atom is -0.381 e. The quantitative estimate of drug-likeness (QED) is 0.849. The van der Waals surface area contributed by atoms with Crippen LogP contribution >= 0.6 is 0 Å². The van der Waals surface area contributed by atoms with Gasteiger partial charge in [-0.3, -0.25) is 9.78 Å². The smallest absolute Gasteiger partial charge is 0.255 e. The molecule has 1 aliphatic rings. The lowest BCUT2D eigenvalue weighted by atomic mass is 10.1. The normalized spacial score (nSPS) is 18.6. The van der Waals surface area contributed by atoms with Gasteiger partial charge >= 0.3 is 0 Å². The van der Waals surface area contributed by atoms with Crippen molar-refractivity contribution in [3.05, 3.63) is 29.1 Å². The van der Waals surface area contributed by atoms with Crippen molar-refractivity contribution in [3.63, 3.8) is 0 Å². The molecule has 2 heterocycles. The molecule has 1 fully saturated rings. The lowest BCUT2D eigenvalue weighted by Crippen LogP contribution is -2.32. The van der Waals surface area contributed by atoms with Crippen molar-refractivity contribution in [3.8, 4) is 0 Å². The van der Waals surface area contributed by atoms with E-state index >= 15 is 0 Å². The van der Waals surface area contributed by atoms with Gasteiger partial charge in [-0.2, -0.15) is 0 Å². The Bertz CT molecular complexity index is 479. The number of carbonyl (C=O) groups is 1. The van der Waals surface area contributed by atoms with Crippen molar-refractivity contribution in [1.29, 1.82) is 0 Å². The van der Waals surface area contributed by atoms with Crippen molar-refractivity contribution in [2.75, 3.05) is 26.8 Å². The van der Waals surface area contributed by atoms with E-state index < -0.39 is 0 Å². The topological polar surface area (TPSA) is 42.4 Å². The first-order valence-corrected chi connectivity index (χ1v) is 7.29. The van der Waals surface area contributed by atoms with Crippen LogP contribution in [0, 0.1) is 12.8 Å². The lowest BCUT2D eigenvalue weighted by molar-refractivity contribution is 0.0765. The molecule has 1 aromatic heterocycles. The summed E-state index contributed by atoms with van der Waals surface area (Å²) in [6.45, 7) is 8.46. The average Bonchev–Trinajstić information content (AvgIpc) is 2.90. The molecule has 0 saturated carbocycles. The van der Waals surface area contributed by atoms with Crippen molar-refractivity contribution in [2.24, 2.45) is 5.92 Å². The predicted molar refractivity (Wildman–Crippen MR) is 78.9 cm³/mol. The summed E-state index contributed by atoms with van der Waals surface area (Å²) in [6, 6.07) is 3.86. The minimum atomic E-state index is 0.0530. The number of rotatable bonds is 4. The molecule has 0 aliphatic carbocycles. The van der Waals surface area contributed by atoms with Gasteiger partial charge in [-0.25, -0.2) is 0 Å². The number of nitrogens with zero attached hydrogens (tertiary/aromatic N) is 2. The molecule has 2 rings (SSSR count). The van der Waals surface area contributed by atoms with E-state index in [1.54, 1.807) is 4.90 Å². The molecule has 1 saturated heterocycles. The van der Waals surface area contributed by atoms with Crippen LogP contribution in [0.4, 0.5) is 0 Å². The van der Waals surface area contributed by atoms with Crippen LogP contribution in [-0.4, -0.2) is 42.6 Å². The zero-order valence-electron chi connectivity index (χ0n) is 12.8. The van der Waals surface area contributed by atoms with Gasteiger partial charge < -0.3 is 9.64 Å². The van der Waals surface area contributed by atoms with Crippen LogP contribution in [0.1, 0.15) is 47.9 Å². The third-order valence-electron chi connectivity index (χ3n) is 3.83. The van der Waals surface area contributed by atoms with Crippen molar-refractivity contribution in [1.82, 2.24) is 9.88 Å². The third kappa shape index (κ3) is 3.37. The Balaban J connectivity index is 2.07. The summed E-state index contributed by atoms with van der Waals surface area (Å²) >= 11 is 0. The summed E-state index contributed by atoms with van der Waals surface area (Å²) in [4.78, 5) is 18.8. The van der Waals surface area contributed by atoms with E-state index in [4.69, 9.17) is 4.74 Å². The van der Waals surface area contributed by atoms with Gasteiger partial charge in [0.2, 0.25) is 0 Å². The Morgan fingerprint density at radius 3 is 2.80 bits per heavy atom. The number of hydrogen-bond donors (Lipinski definition) is 0. The Morgan fingerprint density at radius 1 is 1.50 bits per heavy atom. The second kappa shape index (κ2) is 6.35. The van der Waals surface area contributed by atoms with Gasteiger partial charge in [0.15, 0.2) is 0 Å². The molecule has 1 atom stereocenters. The third-order valence-corrected chi connectivity index (χ3v) is 3.83. The molecular formula is C16H24N2O2. The molecule has 0 spiro atoms. The van der Waals surface area contributed by atoms with Gasteiger partial charge in [-0.1, -0.05) is 13.8 Å². The largest absolute Gasteiger partial charge is 0.381 e. The second-order valence-electron chi connectivity index (χ2n) is 5.94. The Kier molecular flexibility index (Phi) is 4.76. The fourth-order valence-corrected chi connectivity index (χ4v) is 2.53. The Hall–Kier alpha value is -1.42. The van der Waals surface area contributed by atoms with Crippen LogP contribution in [0.15, 0.2) is 12.1 Å². The van der Waals surface area contributed by atoms with Crippen molar-refractivity contribution in [2.45, 2.75) is 33.1 Å². The Labute approximate surface area is 121 Å². The van der Waals surface area contributed by atoms with Gasteiger partial charge in [0.1, 0.15) is 0 Å². The molecule has 20 heavy (non-hydrogen) atoms. The highest BCUT2D eigenvalue weighted by Crippen LogP contribution is 2.18. The zero-order valence-corrected chi connectivity index (χ0v) is 12.8. The second-order valence-corrected chi connectivity index (χ2v) is 5.94. The molecule has 1 aliphatic heterocycles. The molecule has 0 bridgehead atoms.